The lowest BCUT2D eigenvalue weighted by Gasteiger charge is -2.27. The molecule has 8 nitrogen and oxygen atoms in total. The minimum Gasteiger partial charge on any atom is -0.497 e. The normalized spacial score (nSPS) is 15.5. The third-order valence-corrected chi connectivity index (χ3v) is 8.05. The highest BCUT2D eigenvalue weighted by Crippen LogP contribution is 2.33. The van der Waals surface area contributed by atoms with Crippen molar-refractivity contribution in [3.8, 4) is 28.7 Å². The molecule has 8 heteroatoms. The second kappa shape index (κ2) is 13.9. The SMILES string of the molecule is COc1ccc(N(Cc2cc(OCCc3nc(-c4ccccc4)oc3C)ccc2CCC2OC2O)c2ccc(OC)cc2)cc1. The predicted molar refractivity (Wildman–Crippen MR) is 173 cm³/mol. The van der Waals surface area contributed by atoms with Gasteiger partial charge < -0.3 is 33.4 Å². The van der Waals surface area contributed by atoms with Crippen LogP contribution in [0.1, 0.15) is 29.0 Å². The van der Waals surface area contributed by atoms with Gasteiger partial charge in [0.05, 0.1) is 26.5 Å². The van der Waals surface area contributed by atoms with Gasteiger partial charge in [0.15, 0.2) is 6.29 Å². The number of nitrogens with zero attached hydrogens (tertiary/aromatic N) is 2. The molecule has 0 saturated carbocycles. The smallest absolute Gasteiger partial charge is 0.226 e. The molecule has 1 fully saturated rings. The van der Waals surface area contributed by atoms with Crippen molar-refractivity contribution in [2.24, 2.45) is 0 Å². The van der Waals surface area contributed by atoms with Gasteiger partial charge in [-0.25, -0.2) is 4.98 Å². The van der Waals surface area contributed by atoms with Crippen LogP contribution in [0.15, 0.2) is 101 Å². The van der Waals surface area contributed by atoms with Gasteiger partial charge in [0.2, 0.25) is 5.89 Å². The average molecular weight is 607 g/mol. The second-order valence-corrected chi connectivity index (χ2v) is 11.0. The van der Waals surface area contributed by atoms with Crippen LogP contribution in [0.4, 0.5) is 11.4 Å². The van der Waals surface area contributed by atoms with E-state index >= 15 is 0 Å². The quantitative estimate of drug-likeness (QED) is 0.132. The van der Waals surface area contributed by atoms with Crippen molar-refractivity contribution in [1.82, 2.24) is 4.98 Å². The Kier molecular flexibility index (Phi) is 9.33. The number of benzene rings is 4. The van der Waals surface area contributed by atoms with Crippen molar-refractivity contribution in [2.75, 3.05) is 25.7 Å². The number of anilines is 2. The van der Waals surface area contributed by atoms with Crippen molar-refractivity contribution in [3.05, 3.63) is 120 Å². The fourth-order valence-electron chi connectivity index (χ4n) is 5.38. The summed E-state index contributed by atoms with van der Waals surface area (Å²) in [6.07, 6.45) is 1.37. The van der Waals surface area contributed by atoms with E-state index in [1.54, 1.807) is 14.2 Å². The molecule has 232 valence electrons. The molecule has 1 aromatic heterocycles. The molecule has 5 aromatic rings. The summed E-state index contributed by atoms with van der Waals surface area (Å²) in [4.78, 5) is 6.98. The van der Waals surface area contributed by atoms with E-state index < -0.39 is 6.29 Å². The Bertz CT molecular complexity index is 1640. The highest BCUT2D eigenvalue weighted by molar-refractivity contribution is 5.65. The maximum absolute atomic E-state index is 9.74. The number of aromatic nitrogens is 1. The number of methoxy groups -OCH3 is 2. The number of hydrogen-bond donors (Lipinski definition) is 1. The summed E-state index contributed by atoms with van der Waals surface area (Å²) in [5.41, 5.74) is 6.19. The molecule has 2 unspecified atom stereocenters. The number of aryl methyl sites for hydroxylation is 2. The fraction of sp³-hybridized carbons (Fsp3) is 0.270. The molecule has 0 bridgehead atoms. The van der Waals surface area contributed by atoms with Gasteiger partial charge in [-0.05, 0) is 104 Å². The second-order valence-electron chi connectivity index (χ2n) is 11.0. The Labute approximate surface area is 263 Å². The fourth-order valence-corrected chi connectivity index (χ4v) is 5.38. The molecule has 1 N–H and O–H groups in total. The molecule has 6 rings (SSSR count). The first-order chi connectivity index (χ1) is 22.0. The molecule has 1 saturated heterocycles. The zero-order valence-electron chi connectivity index (χ0n) is 25.8. The number of aliphatic hydroxyl groups is 1. The topological polar surface area (TPSA) is 89.7 Å². The van der Waals surface area contributed by atoms with Gasteiger partial charge in [-0.15, -0.1) is 0 Å². The number of hydrogen-bond acceptors (Lipinski definition) is 8. The summed E-state index contributed by atoms with van der Waals surface area (Å²) >= 11 is 0. The Morgan fingerprint density at radius 2 is 1.40 bits per heavy atom. The van der Waals surface area contributed by atoms with E-state index in [0.717, 1.165) is 64.0 Å². The molecule has 1 aliphatic rings. The largest absolute Gasteiger partial charge is 0.497 e. The first-order valence-corrected chi connectivity index (χ1v) is 15.2. The molecular weight excluding hydrogens is 568 g/mol. The van der Waals surface area contributed by atoms with Crippen LogP contribution in [0, 0.1) is 6.92 Å². The molecule has 0 aliphatic carbocycles. The summed E-state index contributed by atoms with van der Waals surface area (Å²) in [6, 6.07) is 32.2. The minimum absolute atomic E-state index is 0.112. The van der Waals surface area contributed by atoms with Gasteiger partial charge >= 0.3 is 0 Å². The number of aliphatic hydroxyl groups excluding tert-OH is 1. The summed E-state index contributed by atoms with van der Waals surface area (Å²) in [6.45, 7) is 3.00. The molecule has 2 heterocycles. The van der Waals surface area contributed by atoms with Crippen molar-refractivity contribution < 1.29 is 28.5 Å². The molecule has 0 amide bonds. The third kappa shape index (κ3) is 7.48. The Morgan fingerprint density at radius 3 is 2.00 bits per heavy atom. The first-order valence-electron chi connectivity index (χ1n) is 15.2. The number of epoxide rings is 1. The van der Waals surface area contributed by atoms with Crippen LogP contribution in [0.25, 0.3) is 11.5 Å². The number of oxazole rings is 1. The highest BCUT2D eigenvalue weighted by atomic mass is 16.7. The van der Waals surface area contributed by atoms with Gasteiger partial charge in [0.25, 0.3) is 0 Å². The average Bonchev–Trinajstić information content (AvgIpc) is 3.67. The third-order valence-electron chi connectivity index (χ3n) is 8.05. The summed E-state index contributed by atoms with van der Waals surface area (Å²) < 4.78 is 28.3. The monoisotopic (exact) mass is 606 g/mol. The number of rotatable bonds is 14. The Morgan fingerprint density at radius 1 is 0.778 bits per heavy atom. The van der Waals surface area contributed by atoms with E-state index in [-0.39, 0.29) is 6.10 Å². The van der Waals surface area contributed by atoms with E-state index in [4.69, 9.17) is 28.3 Å². The van der Waals surface area contributed by atoms with E-state index in [9.17, 15) is 5.11 Å². The van der Waals surface area contributed by atoms with E-state index in [1.165, 1.54) is 5.56 Å². The van der Waals surface area contributed by atoms with Crippen molar-refractivity contribution in [1.29, 1.82) is 0 Å². The predicted octanol–water partition coefficient (Wildman–Crippen LogP) is 7.28. The lowest BCUT2D eigenvalue weighted by molar-refractivity contribution is 0.156. The molecular formula is C37H38N2O6. The standard InChI is InChI=1S/C37H38N2O6/c1-25-34(38-36(44-25)27-7-5-4-6-8-27)21-22-43-33-15-9-26(10-20-35-37(40)45-35)28(23-33)24-39(29-11-16-31(41-2)17-12-29)30-13-18-32(42-3)19-14-30/h4-9,11-19,23,35,37,40H,10,20-22,24H2,1-3H3. The van der Waals surface area contributed by atoms with Gasteiger partial charge in [0, 0.05) is 29.9 Å². The number of ether oxygens (including phenoxy) is 4. The van der Waals surface area contributed by atoms with Crippen LogP contribution in [-0.2, 0) is 24.1 Å². The van der Waals surface area contributed by atoms with Crippen molar-refractivity contribution in [3.63, 3.8) is 0 Å². The van der Waals surface area contributed by atoms with Gasteiger partial charge in [0.1, 0.15) is 29.1 Å². The lowest BCUT2D eigenvalue weighted by atomic mass is 10.00. The molecule has 1 aliphatic heterocycles. The maximum Gasteiger partial charge on any atom is 0.226 e. The van der Waals surface area contributed by atoms with Gasteiger partial charge in [-0.3, -0.25) is 0 Å². The van der Waals surface area contributed by atoms with Gasteiger partial charge in [-0.1, -0.05) is 24.3 Å². The Hall–Kier alpha value is -4.79. The Balaban J connectivity index is 1.23. The molecule has 0 spiro atoms. The van der Waals surface area contributed by atoms with E-state index in [0.29, 0.717) is 25.5 Å². The van der Waals surface area contributed by atoms with E-state index in [1.807, 2.05) is 67.6 Å². The zero-order chi connectivity index (χ0) is 31.2. The maximum atomic E-state index is 9.74. The minimum atomic E-state index is -0.659. The van der Waals surface area contributed by atoms with Crippen LogP contribution in [0.2, 0.25) is 0 Å². The van der Waals surface area contributed by atoms with Crippen LogP contribution in [0.5, 0.6) is 17.2 Å². The molecule has 4 aromatic carbocycles. The molecule has 45 heavy (non-hydrogen) atoms. The zero-order valence-corrected chi connectivity index (χ0v) is 25.8. The van der Waals surface area contributed by atoms with Crippen molar-refractivity contribution >= 4 is 11.4 Å². The van der Waals surface area contributed by atoms with Crippen LogP contribution < -0.4 is 19.1 Å². The molecule has 0 radical (unpaired) electrons. The highest BCUT2D eigenvalue weighted by Gasteiger charge is 2.36. The first kappa shape index (κ1) is 30.2. The summed E-state index contributed by atoms with van der Waals surface area (Å²) in [7, 11) is 3.33. The van der Waals surface area contributed by atoms with Crippen LogP contribution >= 0.6 is 0 Å². The molecule has 2 atom stereocenters. The van der Waals surface area contributed by atoms with E-state index in [2.05, 4.69) is 41.3 Å². The van der Waals surface area contributed by atoms with Crippen molar-refractivity contribution in [2.45, 2.75) is 45.1 Å². The van der Waals surface area contributed by atoms with Gasteiger partial charge in [-0.2, -0.15) is 0 Å². The van der Waals surface area contributed by atoms with Crippen LogP contribution in [0.3, 0.4) is 0 Å². The van der Waals surface area contributed by atoms with Crippen LogP contribution in [-0.4, -0.2) is 43.3 Å². The lowest BCUT2D eigenvalue weighted by Crippen LogP contribution is -2.18. The summed E-state index contributed by atoms with van der Waals surface area (Å²) in [5, 5.41) is 9.74. The summed E-state index contributed by atoms with van der Waals surface area (Å²) in [5.74, 6) is 3.80.